The largest absolute Gasteiger partial charge is 0.393 e. The Balaban J connectivity index is 2.15. The van der Waals surface area contributed by atoms with Crippen LogP contribution in [0, 0.1) is 17.8 Å². The molecule has 0 radical (unpaired) electrons. The van der Waals surface area contributed by atoms with Crippen molar-refractivity contribution in [3.05, 3.63) is 0 Å². The summed E-state index contributed by atoms with van der Waals surface area (Å²) in [4.78, 5) is 0. The molecule has 1 fully saturated rings. The van der Waals surface area contributed by atoms with Gasteiger partial charge in [0.05, 0.1) is 6.10 Å². The topological polar surface area (TPSA) is 20.2 Å². The normalized spacial score (nSPS) is 22.3. The summed E-state index contributed by atoms with van der Waals surface area (Å²) < 4.78 is 0. The molecule has 1 nitrogen and oxygen atoms in total. The van der Waals surface area contributed by atoms with E-state index in [1.165, 1.54) is 38.5 Å². The van der Waals surface area contributed by atoms with Gasteiger partial charge in [0.15, 0.2) is 0 Å². The number of aliphatic hydroxyl groups excluding tert-OH is 1. The third-order valence-electron chi connectivity index (χ3n) is 4.10. The van der Waals surface area contributed by atoms with Crippen molar-refractivity contribution < 1.29 is 5.11 Å². The van der Waals surface area contributed by atoms with Crippen LogP contribution < -0.4 is 0 Å². The van der Waals surface area contributed by atoms with Gasteiger partial charge in [0.1, 0.15) is 0 Å². The van der Waals surface area contributed by atoms with Gasteiger partial charge in [0, 0.05) is 0 Å². The molecule has 1 saturated carbocycles. The fraction of sp³-hybridized carbons (Fsp3) is 1.00. The van der Waals surface area contributed by atoms with Crippen molar-refractivity contribution in [2.45, 2.75) is 78.2 Å². The van der Waals surface area contributed by atoms with Gasteiger partial charge >= 0.3 is 0 Å². The average molecular weight is 226 g/mol. The quantitative estimate of drug-likeness (QED) is 0.712. The van der Waals surface area contributed by atoms with E-state index in [2.05, 4.69) is 20.8 Å². The molecule has 1 aliphatic rings. The van der Waals surface area contributed by atoms with E-state index in [4.69, 9.17) is 0 Å². The fourth-order valence-electron chi connectivity index (χ4n) is 3.07. The van der Waals surface area contributed by atoms with Crippen LogP contribution in [0.25, 0.3) is 0 Å². The Morgan fingerprint density at radius 2 is 1.69 bits per heavy atom. The highest BCUT2D eigenvalue weighted by atomic mass is 16.3. The van der Waals surface area contributed by atoms with Gasteiger partial charge in [-0.3, -0.25) is 0 Å². The van der Waals surface area contributed by atoms with Gasteiger partial charge in [-0.15, -0.1) is 0 Å². The van der Waals surface area contributed by atoms with Gasteiger partial charge in [-0.1, -0.05) is 52.9 Å². The molecule has 1 heteroatoms. The Kier molecular flexibility index (Phi) is 6.41. The number of hydrogen-bond acceptors (Lipinski definition) is 1. The SMILES string of the molecule is CC(C)C[C@H](C)[C@H](O)CCC1CCCCC1. The third kappa shape index (κ3) is 5.34. The smallest absolute Gasteiger partial charge is 0.0566 e. The Morgan fingerprint density at radius 3 is 2.25 bits per heavy atom. The molecule has 0 aliphatic heterocycles. The van der Waals surface area contributed by atoms with E-state index in [0.29, 0.717) is 11.8 Å². The van der Waals surface area contributed by atoms with Crippen LogP contribution in [-0.4, -0.2) is 11.2 Å². The minimum Gasteiger partial charge on any atom is -0.393 e. The molecule has 1 rings (SSSR count). The predicted molar refractivity (Wildman–Crippen MR) is 70.4 cm³/mol. The second-order valence-corrected chi connectivity index (χ2v) is 6.26. The molecule has 1 N–H and O–H groups in total. The molecule has 0 aromatic carbocycles. The Hall–Kier alpha value is -0.0400. The minimum atomic E-state index is -0.0654. The second kappa shape index (κ2) is 7.32. The molecule has 0 aromatic heterocycles. The van der Waals surface area contributed by atoms with Crippen LogP contribution >= 0.6 is 0 Å². The molecule has 0 heterocycles. The maximum atomic E-state index is 10.1. The number of hydrogen-bond donors (Lipinski definition) is 1. The molecule has 2 atom stereocenters. The Bertz CT molecular complexity index is 170. The molecule has 16 heavy (non-hydrogen) atoms. The van der Waals surface area contributed by atoms with Crippen LogP contribution in [0.5, 0.6) is 0 Å². The lowest BCUT2D eigenvalue weighted by Gasteiger charge is -2.25. The maximum Gasteiger partial charge on any atom is 0.0566 e. The summed E-state index contributed by atoms with van der Waals surface area (Å²) >= 11 is 0. The summed E-state index contributed by atoms with van der Waals surface area (Å²) in [6.07, 6.45) is 10.5. The molecule has 0 saturated heterocycles. The van der Waals surface area contributed by atoms with Crippen LogP contribution in [-0.2, 0) is 0 Å². The van der Waals surface area contributed by atoms with E-state index in [-0.39, 0.29) is 6.10 Å². The van der Waals surface area contributed by atoms with Crippen molar-refractivity contribution >= 4 is 0 Å². The Morgan fingerprint density at radius 1 is 1.06 bits per heavy atom. The van der Waals surface area contributed by atoms with Crippen molar-refractivity contribution in [3.8, 4) is 0 Å². The number of aliphatic hydroxyl groups is 1. The first-order valence-electron chi connectivity index (χ1n) is 7.27. The Labute approximate surface area is 102 Å². The second-order valence-electron chi connectivity index (χ2n) is 6.26. The molecule has 96 valence electrons. The molecule has 0 unspecified atom stereocenters. The van der Waals surface area contributed by atoms with Gasteiger partial charge in [-0.05, 0) is 37.0 Å². The van der Waals surface area contributed by atoms with Gasteiger partial charge in [0.25, 0.3) is 0 Å². The van der Waals surface area contributed by atoms with Crippen LogP contribution in [0.3, 0.4) is 0 Å². The summed E-state index contributed by atoms with van der Waals surface area (Å²) in [5.41, 5.74) is 0. The maximum absolute atomic E-state index is 10.1. The van der Waals surface area contributed by atoms with Crippen LogP contribution in [0.15, 0.2) is 0 Å². The molecular weight excluding hydrogens is 196 g/mol. The van der Waals surface area contributed by atoms with Gasteiger partial charge in [-0.2, -0.15) is 0 Å². The summed E-state index contributed by atoms with van der Waals surface area (Å²) in [7, 11) is 0. The van der Waals surface area contributed by atoms with E-state index < -0.39 is 0 Å². The van der Waals surface area contributed by atoms with Crippen molar-refractivity contribution in [2.75, 3.05) is 0 Å². The summed E-state index contributed by atoms with van der Waals surface area (Å²) in [5.74, 6) is 2.09. The van der Waals surface area contributed by atoms with Crippen LogP contribution in [0.2, 0.25) is 0 Å². The predicted octanol–water partition coefficient (Wildman–Crippen LogP) is 4.39. The molecule has 1 aliphatic carbocycles. The highest BCUT2D eigenvalue weighted by Crippen LogP contribution is 2.29. The first-order valence-corrected chi connectivity index (χ1v) is 7.27. The molecular formula is C15H30O. The summed E-state index contributed by atoms with van der Waals surface area (Å²) in [5, 5.41) is 10.1. The van der Waals surface area contributed by atoms with E-state index >= 15 is 0 Å². The standard InChI is InChI=1S/C15H30O/c1-12(2)11-13(3)15(16)10-9-14-7-5-4-6-8-14/h12-16H,4-11H2,1-3H3/t13-,15+/m0/s1. The van der Waals surface area contributed by atoms with E-state index in [0.717, 1.165) is 18.8 Å². The molecule has 0 spiro atoms. The summed E-state index contributed by atoms with van der Waals surface area (Å²) in [6, 6.07) is 0. The molecule has 0 bridgehead atoms. The average Bonchev–Trinajstić information content (AvgIpc) is 2.26. The van der Waals surface area contributed by atoms with Crippen molar-refractivity contribution in [2.24, 2.45) is 17.8 Å². The lowest BCUT2D eigenvalue weighted by Crippen LogP contribution is -2.20. The molecule has 0 aromatic rings. The first kappa shape index (κ1) is 14.0. The third-order valence-corrected chi connectivity index (χ3v) is 4.10. The van der Waals surface area contributed by atoms with Gasteiger partial charge in [-0.25, -0.2) is 0 Å². The van der Waals surface area contributed by atoms with Crippen LogP contribution in [0.1, 0.15) is 72.1 Å². The molecule has 0 amide bonds. The zero-order valence-electron chi connectivity index (χ0n) is 11.4. The van der Waals surface area contributed by atoms with Crippen molar-refractivity contribution in [1.29, 1.82) is 0 Å². The number of rotatable bonds is 6. The van der Waals surface area contributed by atoms with E-state index in [1.54, 1.807) is 0 Å². The van der Waals surface area contributed by atoms with Crippen LogP contribution in [0.4, 0.5) is 0 Å². The van der Waals surface area contributed by atoms with Gasteiger partial charge in [0.2, 0.25) is 0 Å². The monoisotopic (exact) mass is 226 g/mol. The zero-order chi connectivity index (χ0) is 12.0. The van der Waals surface area contributed by atoms with Crippen molar-refractivity contribution in [3.63, 3.8) is 0 Å². The zero-order valence-corrected chi connectivity index (χ0v) is 11.4. The summed E-state index contributed by atoms with van der Waals surface area (Å²) in [6.45, 7) is 6.68. The van der Waals surface area contributed by atoms with E-state index in [1.807, 2.05) is 0 Å². The van der Waals surface area contributed by atoms with E-state index in [9.17, 15) is 5.11 Å². The van der Waals surface area contributed by atoms with Gasteiger partial charge < -0.3 is 5.11 Å². The highest BCUT2D eigenvalue weighted by molar-refractivity contribution is 4.71. The highest BCUT2D eigenvalue weighted by Gasteiger charge is 2.19. The fourth-order valence-corrected chi connectivity index (χ4v) is 3.07. The lowest BCUT2D eigenvalue weighted by molar-refractivity contribution is 0.0867. The lowest BCUT2D eigenvalue weighted by atomic mass is 9.83. The first-order chi connectivity index (χ1) is 7.59. The van der Waals surface area contributed by atoms with Crippen molar-refractivity contribution in [1.82, 2.24) is 0 Å². The minimum absolute atomic E-state index is 0.0654.